The fourth-order valence-electron chi connectivity index (χ4n) is 5.61. The summed E-state index contributed by atoms with van der Waals surface area (Å²) in [6, 6.07) is 17.6. The molecule has 1 atom stereocenters. The summed E-state index contributed by atoms with van der Waals surface area (Å²) in [5.74, 6) is -0.739. The van der Waals surface area contributed by atoms with E-state index < -0.39 is 12.0 Å². The van der Waals surface area contributed by atoms with Gasteiger partial charge in [-0.1, -0.05) is 55.8 Å². The molecule has 0 heterocycles. The molecule has 0 aromatic heterocycles. The van der Waals surface area contributed by atoms with E-state index in [1.807, 2.05) is 49.6 Å². The van der Waals surface area contributed by atoms with Gasteiger partial charge in [0.15, 0.2) is 0 Å². The van der Waals surface area contributed by atoms with Gasteiger partial charge in [0.05, 0.1) is 13.2 Å². The van der Waals surface area contributed by atoms with Crippen LogP contribution in [0.4, 0.5) is 0 Å². The second-order valence-electron chi connectivity index (χ2n) is 11.0. The predicted octanol–water partition coefficient (Wildman–Crippen LogP) is 7.54. The molecule has 218 valence electrons. The van der Waals surface area contributed by atoms with Gasteiger partial charge in [-0.15, -0.1) is 0 Å². The molecule has 5 nitrogen and oxygen atoms in total. The summed E-state index contributed by atoms with van der Waals surface area (Å²) in [6.45, 7) is 5.24. The van der Waals surface area contributed by atoms with Crippen molar-refractivity contribution in [2.24, 2.45) is 0 Å². The Labute approximate surface area is 249 Å². The summed E-state index contributed by atoms with van der Waals surface area (Å²) in [4.78, 5) is 25.2. The van der Waals surface area contributed by atoms with Crippen LogP contribution in [0.5, 0.6) is 0 Å². The maximum atomic E-state index is 13.4. The summed E-state index contributed by atoms with van der Waals surface area (Å²) >= 11 is 1.56. The van der Waals surface area contributed by atoms with Gasteiger partial charge in [-0.2, -0.15) is 11.8 Å². The summed E-state index contributed by atoms with van der Waals surface area (Å²) in [6.07, 6.45) is 10.6. The Kier molecular flexibility index (Phi) is 11.5. The zero-order valence-corrected chi connectivity index (χ0v) is 25.4. The van der Waals surface area contributed by atoms with Crippen LogP contribution in [0.15, 0.2) is 54.6 Å². The molecule has 4 rings (SSSR count). The number of rotatable bonds is 14. The molecule has 0 bridgehead atoms. The highest BCUT2D eigenvalue weighted by molar-refractivity contribution is 7.98. The third-order valence-corrected chi connectivity index (χ3v) is 8.61. The van der Waals surface area contributed by atoms with Crippen LogP contribution < -0.4 is 5.32 Å². The van der Waals surface area contributed by atoms with Crippen molar-refractivity contribution in [2.75, 3.05) is 12.0 Å². The maximum Gasteiger partial charge on any atom is 0.326 e. The number of hydrogen-bond donors (Lipinski definition) is 2. The van der Waals surface area contributed by atoms with Crippen LogP contribution in [-0.2, 0) is 42.0 Å². The summed E-state index contributed by atoms with van der Waals surface area (Å²) in [5.41, 5.74) is 9.92. The number of carbonyl (C=O) groups excluding carboxylic acids is 1. The quantitative estimate of drug-likeness (QED) is 0.208. The standard InChI is InChI=1S/C35H43NO4S/c1-4-5-11-28-20-26-12-7-8-13-27(26)21-29(28)23-40-22-25-15-16-31(32(19-25)30-14-9-6-10-24(30)2)34(37)36-33(35(38)39)17-18-41-3/h6,9-10,14-16,19-21,33H,4-5,7-8,11-13,17-18,22-23H2,1-3H3,(H,36,37)(H,38,39)/t33-/m0/s1. The van der Waals surface area contributed by atoms with Crippen molar-refractivity contribution < 1.29 is 19.4 Å². The number of amides is 1. The zero-order chi connectivity index (χ0) is 29.2. The molecular formula is C35H43NO4S. The summed E-state index contributed by atoms with van der Waals surface area (Å²) < 4.78 is 6.30. The fraction of sp³-hybridized carbons (Fsp3) is 0.429. The van der Waals surface area contributed by atoms with Crippen molar-refractivity contribution in [3.63, 3.8) is 0 Å². The van der Waals surface area contributed by atoms with E-state index >= 15 is 0 Å². The third-order valence-electron chi connectivity index (χ3n) is 7.97. The second kappa shape index (κ2) is 15.2. The first-order chi connectivity index (χ1) is 19.9. The van der Waals surface area contributed by atoms with Crippen LogP contribution in [0.25, 0.3) is 11.1 Å². The maximum absolute atomic E-state index is 13.4. The van der Waals surface area contributed by atoms with E-state index in [1.165, 1.54) is 54.4 Å². The largest absolute Gasteiger partial charge is 0.480 e. The molecule has 1 aliphatic rings. The minimum absolute atomic E-state index is 0.372. The van der Waals surface area contributed by atoms with Crippen molar-refractivity contribution in [2.45, 2.75) is 84.5 Å². The lowest BCUT2D eigenvalue weighted by Crippen LogP contribution is -2.41. The molecule has 0 spiro atoms. The van der Waals surface area contributed by atoms with Gasteiger partial charge < -0.3 is 15.2 Å². The highest BCUT2D eigenvalue weighted by atomic mass is 32.2. The van der Waals surface area contributed by atoms with Crippen LogP contribution in [-0.4, -0.2) is 35.0 Å². The van der Waals surface area contributed by atoms with Crippen LogP contribution in [0.2, 0.25) is 0 Å². The Hall–Kier alpha value is -3.09. The number of nitrogens with one attached hydrogen (secondary N) is 1. The van der Waals surface area contributed by atoms with Crippen molar-refractivity contribution in [3.05, 3.63) is 93.5 Å². The van der Waals surface area contributed by atoms with Crippen molar-refractivity contribution >= 4 is 23.6 Å². The van der Waals surface area contributed by atoms with Crippen LogP contribution in [0.1, 0.15) is 82.8 Å². The number of unbranched alkanes of at least 4 members (excludes halogenated alkanes) is 1. The Morgan fingerprint density at radius 1 is 0.976 bits per heavy atom. The van der Waals surface area contributed by atoms with Gasteiger partial charge in [0.1, 0.15) is 6.04 Å². The number of thioether (sulfide) groups is 1. The summed E-state index contributed by atoms with van der Waals surface area (Å²) in [5, 5.41) is 12.4. The Morgan fingerprint density at radius 3 is 2.39 bits per heavy atom. The van der Waals surface area contributed by atoms with E-state index in [4.69, 9.17) is 4.74 Å². The van der Waals surface area contributed by atoms with Crippen LogP contribution >= 0.6 is 11.8 Å². The SMILES string of the molecule is CCCCc1cc2c(cc1COCc1ccc(C(=O)N[C@@H](CCSC)C(=O)O)c(-c3ccccc3C)c1)CCCC2. The topological polar surface area (TPSA) is 75.6 Å². The third kappa shape index (κ3) is 8.23. The molecule has 2 N–H and O–H groups in total. The van der Waals surface area contributed by atoms with Gasteiger partial charge in [-0.3, -0.25) is 4.79 Å². The average molecular weight is 574 g/mol. The Balaban J connectivity index is 1.56. The number of ether oxygens (including phenoxy) is 1. The molecule has 6 heteroatoms. The van der Waals surface area contributed by atoms with Gasteiger partial charge in [0.2, 0.25) is 0 Å². The predicted molar refractivity (Wildman–Crippen MR) is 169 cm³/mol. The first-order valence-corrected chi connectivity index (χ1v) is 16.2. The molecule has 0 radical (unpaired) electrons. The second-order valence-corrected chi connectivity index (χ2v) is 12.0. The highest BCUT2D eigenvalue weighted by Crippen LogP contribution is 2.30. The normalized spacial score (nSPS) is 13.4. The Bertz CT molecular complexity index is 1350. The number of carboxylic acid groups (broad SMARTS) is 1. The zero-order valence-electron chi connectivity index (χ0n) is 24.6. The van der Waals surface area contributed by atoms with Crippen LogP contribution in [0, 0.1) is 6.92 Å². The van der Waals surface area contributed by atoms with Crippen molar-refractivity contribution in [1.82, 2.24) is 5.32 Å². The molecule has 0 saturated carbocycles. The van der Waals surface area contributed by atoms with Gasteiger partial charge in [0.25, 0.3) is 5.91 Å². The number of hydrogen-bond acceptors (Lipinski definition) is 4. The Morgan fingerprint density at radius 2 is 1.71 bits per heavy atom. The molecule has 1 amide bonds. The lowest BCUT2D eigenvalue weighted by atomic mass is 9.87. The first-order valence-electron chi connectivity index (χ1n) is 14.8. The molecule has 3 aromatic carbocycles. The minimum atomic E-state index is -1.02. The van der Waals surface area contributed by atoms with E-state index in [9.17, 15) is 14.7 Å². The average Bonchev–Trinajstić information content (AvgIpc) is 2.98. The van der Waals surface area contributed by atoms with Gasteiger partial charge in [-0.05, 0) is 121 Å². The molecule has 0 saturated heterocycles. The van der Waals surface area contributed by atoms with E-state index in [2.05, 4.69) is 24.4 Å². The number of fused-ring (bicyclic) bond motifs is 1. The molecular weight excluding hydrogens is 530 g/mol. The fourth-order valence-corrected chi connectivity index (χ4v) is 6.08. The molecule has 0 fully saturated rings. The number of aryl methyl sites for hydroxylation is 4. The van der Waals surface area contributed by atoms with E-state index in [0.717, 1.165) is 35.1 Å². The number of aliphatic carboxylic acids is 1. The van der Waals surface area contributed by atoms with Crippen molar-refractivity contribution in [3.8, 4) is 11.1 Å². The van der Waals surface area contributed by atoms with Gasteiger partial charge in [-0.25, -0.2) is 4.79 Å². The monoisotopic (exact) mass is 573 g/mol. The first kappa shape index (κ1) is 30.9. The molecule has 3 aromatic rings. The van der Waals surface area contributed by atoms with Gasteiger partial charge >= 0.3 is 5.97 Å². The molecule has 1 aliphatic carbocycles. The lowest BCUT2D eigenvalue weighted by Gasteiger charge is -2.20. The van der Waals surface area contributed by atoms with Crippen molar-refractivity contribution in [1.29, 1.82) is 0 Å². The van der Waals surface area contributed by atoms with Crippen LogP contribution in [0.3, 0.4) is 0 Å². The number of carboxylic acids is 1. The molecule has 0 unspecified atom stereocenters. The lowest BCUT2D eigenvalue weighted by molar-refractivity contribution is -0.139. The number of carbonyl (C=O) groups is 2. The summed E-state index contributed by atoms with van der Waals surface area (Å²) in [7, 11) is 0. The minimum Gasteiger partial charge on any atom is -0.480 e. The smallest absolute Gasteiger partial charge is 0.326 e. The van der Waals surface area contributed by atoms with E-state index in [0.29, 0.717) is 31.0 Å². The van der Waals surface area contributed by atoms with E-state index in [-0.39, 0.29) is 5.91 Å². The van der Waals surface area contributed by atoms with Gasteiger partial charge in [0, 0.05) is 5.56 Å². The van der Waals surface area contributed by atoms with E-state index in [1.54, 1.807) is 17.8 Å². The molecule has 41 heavy (non-hydrogen) atoms. The highest BCUT2D eigenvalue weighted by Gasteiger charge is 2.23. The molecule has 0 aliphatic heterocycles. The number of benzene rings is 3.